The van der Waals surface area contributed by atoms with E-state index in [1.807, 2.05) is 20.1 Å². The number of benzene rings is 1. The van der Waals surface area contributed by atoms with Gasteiger partial charge in [-0.2, -0.15) is 0 Å². The molecule has 0 amide bonds. The lowest BCUT2D eigenvalue weighted by Gasteiger charge is -2.15. The lowest BCUT2D eigenvalue weighted by molar-refractivity contribution is 0.592. The van der Waals surface area contributed by atoms with Gasteiger partial charge in [-0.15, -0.1) is 0 Å². The molecule has 6 heteroatoms. The second kappa shape index (κ2) is 6.12. The molecule has 0 spiro atoms. The zero-order valence-electron chi connectivity index (χ0n) is 13.1. The quantitative estimate of drug-likeness (QED) is 0.540. The second-order valence-corrected chi connectivity index (χ2v) is 6.18. The number of fused-ring (bicyclic) bond motifs is 1. The average molecular weight is 329 g/mol. The number of hydrogen-bond donors (Lipinski definition) is 0. The minimum Gasteiger partial charge on any atom is -0.290 e. The van der Waals surface area contributed by atoms with Crippen LogP contribution in [-0.4, -0.2) is 20.8 Å². The van der Waals surface area contributed by atoms with Gasteiger partial charge in [-0.1, -0.05) is 23.9 Å². The van der Waals surface area contributed by atoms with Gasteiger partial charge >= 0.3 is 0 Å². The van der Waals surface area contributed by atoms with Crippen molar-refractivity contribution >= 4 is 22.8 Å². The fraction of sp³-hybridized carbons (Fsp3) is 0.235. The number of rotatable bonds is 3. The van der Waals surface area contributed by atoms with Crippen LogP contribution >= 0.6 is 11.8 Å². The van der Waals surface area contributed by atoms with Crippen LogP contribution in [0, 0.1) is 5.82 Å². The maximum atomic E-state index is 14.2. The summed E-state index contributed by atoms with van der Waals surface area (Å²) in [6.07, 6.45) is 1.85. The number of nitrogens with zero attached hydrogens (tertiary/aromatic N) is 3. The fourth-order valence-electron chi connectivity index (χ4n) is 2.56. The molecule has 0 aliphatic rings. The van der Waals surface area contributed by atoms with Crippen LogP contribution in [0.5, 0.6) is 0 Å². The van der Waals surface area contributed by atoms with E-state index in [1.165, 1.54) is 23.9 Å². The molecule has 1 aromatic carbocycles. The zero-order valence-corrected chi connectivity index (χ0v) is 13.9. The van der Waals surface area contributed by atoms with Gasteiger partial charge in [-0.25, -0.2) is 14.4 Å². The summed E-state index contributed by atoms with van der Waals surface area (Å²) in [5.74, 6) is -0.346. The van der Waals surface area contributed by atoms with Crippen LogP contribution in [0.4, 0.5) is 4.39 Å². The van der Waals surface area contributed by atoms with Crippen LogP contribution in [0.1, 0.15) is 19.9 Å². The van der Waals surface area contributed by atoms with E-state index >= 15 is 0 Å². The molecule has 23 heavy (non-hydrogen) atoms. The van der Waals surface area contributed by atoms with Crippen molar-refractivity contribution < 1.29 is 4.39 Å². The Morgan fingerprint density at radius 2 is 1.87 bits per heavy atom. The number of aromatic nitrogens is 3. The molecule has 0 aliphatic carbocycles. The highest BCUT2D eigenvalue weighted by atomic mass is 32.2. The third-order valence-electron chi connectivity index (χ3n) is 3.59. The van der Waals surface area contributed by atoms with E-state index in [0.29, 0.717) is 27.4 Å². The minimum absolute atomic E-state index is 0.0516. The standard InChI is InChI=1S/C17H16FN3OS/c1-10(2)21-14(22)9-8-12-15(11-6-4-5-7-13(11)18)19-17(23-3)20-16(12)21/h4-10H,1-3H3. The highest BCUT2D eigenvalue weighted by molar-refractivity contribution is 7.98. The van der Waals surface area contributed by atoms with Crippen molar-refractivity contribution in [2.45, 2.75) is 25.0 Å². The molecule has 0 bridgehead atoms. The molecular formula is C17H16FN3OS. The molecule has 0 saturated heterocycles. The third-order valence-corrected chi connectivity index (χ3v) is 4.14. The van der Waals surface area contributed by atoms with E-state index in [9.17, 15) is 9.18 Å². The molecule has 118 valence electrons. The Labute approximate surface area is 137 Å². The minimum atomic E-state index is -0.346. The van der Waals surface area contributed by atoms with Crippen molar-refractivity contribution in [2.24, 2.45) is 0 Å². The molecule has 0 fully saturated rings. The summed E-state index contributed by atoms with van der Waals surface area (Å²) in [6, 6.07) is 9.60. The van der Waals surface area contributed by atoms with Crippen LogP contribution in [-0.2, 0) is 0 Å². The average Bonchev–Trinajstić information content (AvgIpc) is 2.53. The van der Waals surface area contributed by atoms with Crippen LogP contribution in [0.15, 0.2) is 46.3 Å². The van der Waals surface area contributed by atoms with Crippen LogP contribution in [0.2, 0.25) is 0 Å². The molecule has 4 nitrogen and oxygen atoms in total. The Hall–Kier alpha value is -2.21. The first kappa shape index (κ1) is 15.7. The number of halogens is 1. The first-order valence-corrected chi connectivity index (χ1v) is 8.47. The molecule has 0 N–H and O–H groups in total. The summed E-state index contributed by atoms with van der Waals surface area (Å²) in [7, 11) is 0. The summed E-state index contributed by atoms with van der Waals surface area (Å²) in [5, 5.41) is 1.18. The zero-order chi connectivity index (χ0) is 16.6. The molecule has 3 aromatic rings. The Morgan fingerprint density at radius 1 is 1.13 bits per heavy atom. The van der Waals surface area contributed by atoms with Crippen molar-refractivity contribution in [3.8, 4) is 11.3 Å². The first-order valence-electron chi connectivity index (χ1n) is 7.25. The monoisotopic (exact) mass is 329 g/mol. The molecule has 2 heterocycles. The van der Waals surface area contributed by atoms with Gasteiger partial charge in [0.1, 0.15) is 11.5 Å². The maximum absolute atomic E-state index is 14.2. The molecule has 0 aliphatic heterocycles. The number of hydrogen-bond acceptors (Lipinski definition) is 4. The summed E-state index contributed by atoms with van der Waals surface area (Å²) < 4.78 is 15.9. The van der Waals surface area contributed by atoms with Gasteiger partial charge in [0.2, 0.25) is 0 Å². The van der Waals surface area contributed by atoms with E-state index in [2.05, 4.69) is 9.97 Å². The molecule has 0 radical (unpaired) electrons. The largest absolute Gasteiger partial charge is 0.290 e. The van der Waals surface area contributed by atoms with E-state index in [0.717, 1.165) is 0 Å². The summed E-state index contributed by atoms with van der Waals surface area (Å²) >= 11 is 1.36. The van der Waals surface area contributed by atoms with Crippen LogP contribution < -0.4 is 5.56 Å². The predicted molar refractivity (Wildman–Crippen MR) is 91.4 cm³/mol. The second-order valence-electron chi connectivity index (χ2n) is 5.41. The highest BCUT2D eigenvalue weighted by Gasteiger charge is 2.16. The SMILES string of the molecule is CSc1nc(-c2ccccc2F)c2ccc(=O)n(C(C)C)c2n1. The van der Waals surface area contributed by atoms with Crippen LogP contribution in [0.3, 0.4) is 0 Å². The van der Waals surface area contributed by atoms with Crippen molar-refractivity contribution in [1.29, 1.82) is 0 Å². The highest BCUT2D eigenvalue weighted by Crippen LogP contribution is 2.29. The maximum Gasteiger partial charge on any atom is 0.252 e. The Kier molecular flexibility index (Phi) is 4.17. The first-order chi connectivity index (χ1) is 11.0. The smallest absolute Gasteiger partial charge is 0.252 e. The van der Waals surface area contributed by atoms with Gasteiger partial charge in [0.25, 0.3) is 5.56 Å². The van der Waals surface area contributed by atoms with Gasteiger partial charge in [-0.05, 0) is 38.3 Å². The van der Waals surface area contributed by atoms with Gasteiger partial charge in [0.15, 0.2) is 5.16 Å². The summed E-state index contributed by atoms with van der Waals surface area (Å²) in [5.41, 5.74) is 1.32. The molecule has 0 unspecified atom stereocenters. The van der Waals surface area contributed by atoms with Crippen molar-refractivity contribution in [2.75, 3.05) is 6.26 Å². The van der Waals surface area contributed by atoms with Gasteiger partial charge in [0, 0.05) is 23.1 Å². The van der Waals surface area contributed by atoms with E-state index in [-0.39, 0.29) is 17.4 Å². The lowest BCUT2D eigenvalue weighted by Crippen LogP contribution is -2.22. The Morgan fingerprint density at radius 3 is 2.52 bits per heavy atom. The van der Waals surface area contributed by atoms with E-state index < -0.39 is 0 Å². The summed E-state index contributed by atoms with van der Waals surface area (Å²) in [6.45, 7) is 3.84. The number of pyridine rings is 1. The summed E-state index contributed by atoms with van der Waals surface area (Å²) in [4.78, 5) is 21.2. The topological polar surface area (TPSA) is 47.8 Å². The Bertz CT molecular complexity index is 937. The van der Waals surface area contributed by atoms with Crippen LogP contribution in [0.25, 0.3) is 22.3 Å². The molecule has 0 saturated carbocycles. The van der Waals surface area contributed by atoms with Crippen molar-refractivity contribution in [1.82, 2.24) is 14.5 Å². The predicted octanol–water partition coefficient (Wildman–Crippen LogP) is 3.90. The Balaban J connectivity index is 2.46. The molecule has 2 aromatic heterocycles. The normalized spacial score (nSPS) is 11.3. The molecule has 0 atom stereocenters. The van der Waals surface area contributed by atoms with Gasteiger partial charge in [0.05, 0.1) is 5.69 Å². The molecular weight excluding hydrogens is 313 g/mol. The third kappa shape index (κ3) is 2.74. The lowest BCUT2D eigenvalue weighted by atomic mass is 10.1. The van der Waals surface area contributed by atoms with Crippen molar-refractivity contribution in [3.05, 3.63) is 52.6 Å². The fourth-order valence-corrected chi connectivity index (χ4v) is 2.92. The molecule has 3 rings (SSSR count). The van der Waals surface area contributed by atoms with E-state index in [4.69, 9.17) is 0 Å². The van der Waals surface area contributed by atoms with E-state index in [1.54, 1.807) is 28.8 Å². The number of thioether (sulfide) groups is 1. The van der Waals surface area contributed by atoms with Gasteiger partial charge < -0.3 is 0 Å². The van der Waals surface area contributed by atoms with Gasteiger partial charge in [-0.3, -0.25) is 9.36 Å². The van der Waals surface area contributed by atoms with Crippen molar-refractivity contribution in [3.63, 3.8) is 0 Å².